The van der Waals surface area contributed by atoms with Gasteiger partial charge in [-0.1, -0.05) is 6.92 Å². The molecule has 0 aromatic rings. The number of carbonyl (C=O) groups excluding carboxylic acids is 1. The van der Waals surface area contributed by atoms with Gasteiger partial charge < -0.3 is 9.64 Å². The van der Waals surface area contributed by atoms with Gasteiger partial charge in [-0.2, -0.15) is 0 Å². The largest absolute Gasteiger partial charge is 0.449 e. The number of nitrogens with zero attached hydrogens (tertiary/aromatic N) is 1. The van der Waals surface area contributed by atoms with Crippen molar-refractivity contribution in [3.05, 3.63) is 0 Å². The lowest BCUT2D eigenvalue weighted by Crippen LogP contribution is -2.40. The monoisotopic (exact) mass is 143 g/mol. The van der Waals surface area contributed by atoms with E-state index in [2.05, 4.69) is 6.92 Å². The molecule has 3 heteroatoms. The molecule has 1 rings (SSSR count). The molecule has 0 spiro atoms. The standard InChI is InChI=1S/C7H13NO2/c1-3-6-4-8(2)7(9)10-5-6/h6H,3-5H2,1-2H3/t6-/m1/s1. The topological polar surface area (TPSA) is 29.5 Å². The summed E-state index contributed by atoms with van der Waals surface area (Å²) in [5.41, 5.74) is 0. The van der Waals surface area contributed by atoms with E-state index >= 15 is 0 Å². The van der Waals surface area contributed by atoms with Crippen molar-refractivity contribution in [1.82, 2.24) is 4.90 Å². The number of hydrogen-bond donors (Lipinski definition) is 0. The second-order valence-corrected chi connectivity index (χ2v) is 2.73. The van der Waals surface area contributed by atoms with Crippen molar-refractivity contribution < 1.29 is 9.53 Å². The SMILES string of the molecule is CC[C@H]1COC(=O)N(C)C1. The fourth-order valence-corrected chi connectivity index (χ4v) is 1.06. The first-order chi connectivity index (χ1) is 4.74. The minimum atomic E-state index is -0.190. The molecule has 0 radical (unpaired) electrons. The second-order valence-electron chi connectivity index (χ2n) is 2.73. The Bertz CT molecular complexity index is 136. The summed E-state index contributed by atoms with van der Waals surface area (Å²) in [6.07, 6.45) is 0.891. The number of ether oxygens (including phenoxy) is 1. The maximum atomic E-state index is 10.8. The molecule has 1 atom stereocenters. The van der Waals surface area contributed by atoms with E-state index in [1.807, 2.05) is 0 Å². The average molecular weight is 143 g/mol. The van der Waals surface area contributed by atoms with E-state index in [0.29, 0.717) is 12.5 Å². The van der Waals surface area contributed by atoms with E-state index in [-0.39, 0.29) is 6.09 Å². The predicted molar refractivity (Wildman–Crippen MR) is 37.8 cm³/mol. The van der Waals surface area contributed by atoms with E-state index < -0.39 is 0 Å². The zero-order valence-corrected chi connectivity index (χ0v) is 6.46. The normalized spacial score (nSPS) is 26.4. The zero-order valence-electron chi connectivity index (χ0n) is 6.46. The van der Waals surface area contributed by atoms with Crippen LogP contribution in [-0.2, 0) is 4.74 Å². The van der Waals surface area contributed by atoms with Crippen LogP contribution in [0.3, 0.4) is 0 Å². The summed E-state index contributed by atoms with van der Waals surface area (Å²) < 4.78 is 4.88. The molecule has 1 aliphatic rings. The first kappa shape index (κ1) is 7.38. The highest BCUT2D eigenvalue weighted by Crippen LogP contribution is 2.11. The lowest BCUT2D eigenvalue weighted by molar-refractivity contribution is 0.0521. The summed E-state index contributed by atoms with van der Waals surface area (Å²) in [5.74, 6) is 0.530. The first-order valence-corrected chi connectivity index (χ1v) is 3.62. The molecule has 0 unspecified atom stereocenters. The number of carbonyl (C=O) groups is 1. The van der Waals surface area contributed by atoms with E-state index in [1.165, 1.54) is 0 Å². The molecule has 1 aliphatic heterocycles. The van der Waals surface area contributed by atoms with Crippen LogP contribution in [0.1, 0.15) is 13.3 Å². The Morgan fingerprint density at radius 1 is 1.80 bits per heavy atom. The van der Waals surface area contributed by atoms with Crippen LogP contribution in [0.4, 0.5) is 4.79 Å². The Balaban J connectivity index is 2.40. The highest BCUT2D eigenvalue weighted by atomic mass is 16.6. The van der Waals surface area contributed by atoms with Crippen LogP contribution in [0.25, 0.3) is 0 Å². The average Bonchev–Trinajstić information content (AvgIpc) is 1.95. The van der Waals surface area contributed by atoms with Crippen LogP contribution in [0.5, 0.6) is 0 Å². The number of hydrogen-bond acceptors (Lipinski definition) is 2. The Morgan fingerprint density at radius 3 is 3.00 bits per heavy atom. The highest BCUT2D eigenvalue weighted by Gasteiger charge is 2.22. The van der Waals surface area contributed by atoms with Crippen molar-refractivity contribution in [3.63, 3.8) is 0 Å². The van der Waals surface area contributed by atoms with Gasteiger partial charge in [-0.15, -0.1) is 0 Å². The third-order valence-corrected chi connectivity index (χ3v) is 1.86. The van der Waals surface area contributed by atoms with Crippen molar-refractivity contribution in [3.8, 4) is 0 Å². The first-order valence-electron chi connectivity index (χ1n) is 3.62. The molecule has 58 valence electrons. The van der Waals surface area contributed by atoms with E-state index in [1.54, 1.807) is 11.9 Å². The van der Waals surface area contributed by atoms with Gasteiger partial charge in [0.05, 0.1) is 6.61 Å². The van der Waals surface area contributed by atoms with Crippen LogP contribution in [0.15, 0.2) is 0 Å². The van der Waals surface area contributed by atoms with Crippen molar-refractivity contribution in [2.45, 2.75) is 13.3 Å². The molecule has 0 aromatic heterocycles. The third-order valence-electron chi connectivity index (χ3n) is 1.86. The Kier molecular flexibility index (Phi) is 2.14. The molecule has 0 N–H and O–H groups in total. The smallest absolute Gasteiger partial charge is 0.409 e. The van der Waals surface area contributed by atoms with Gasteiger partial charge >= 0.3 is 6.09 Å². The molecule has 1 saturated heterocycles. The molecule has 10 heavy (non-hydrogen) atoms. The lowest BCUT2D eigenvalue weighted by atomic mass is 10.1. The molecule has 0 saturated carbocycles. The number of rotatable bonds is 1. The van der Waals surface area contributed by atoms with Crippen LogP contribution in [0.2, 0.25) is 0 Å². The van der Waals surface area contributed by atoms with Crippen molar-refractivity contribution in [1.29, 1.82) is 0 Å². The van der Waals surface area contributed by atoms with Gasteiger partial charge in [0.1, 0.15) is 0 Å². The number of amides is 1. The van der Waals surface area contributed by atoms with E-state index in [4.69, 9.17) is 4.74 Å². The molecule has 0 aliphatic carbocycles. The lowest BCUT2D eigenvalue weighted by Gasteiger charge is -2.28. The van der Waals surface area contributed by atoms with Gasteiger partial charge in [0, 0.05) is 19.5 Å². The summed E-state index contributed by atoms with van der Waals surface area (Å²) in [6, 6.07) is 0. The zero-order chi connectivity index (χ0) is 7.56. The summed E-state index contributed by atoms with van der Waals surface area (Å²) in [7, 11) is 1.77. The molecule has 0 bridgehead atoms. The second kappa shape index (κ2) is 2.90. The quantitative estimate of drug-likeness (QED) is 0.550. The number of cyclic esters (lactones) is 1. The van der Waals surface area contributed by atoms with Crippen molar-refractivity contribution in [2.75, 3.05) is 20.2 Å². The minimum Gasteiger partial charge on any atom is -0.449 e. The molecule has 1 amide bonds. The van der Waals surface area contributed by atoms with Crippen LogP contribution < -0.4 is 0 Å². The maximum Gasteiger partial charge on any atom is 0.409 e. The molecular formula is C7H13NO2. The van der Waals surface area contributed by atoms with Crippen LogP contribution >= 0.6 is 0 Å². The van der Waals surface area contributed by atoms with Gasteiger partial charge in [-0.05, 0) is 6.42 Å². The Morgan fingerprint density at radius 2 is 2.50 bits per heavy atom. The molecule has 1 fully saturated rings. The van der Waals surface area contributed by atoms with Gasteiger partial charge in [0.2, 0.25) is 0 Å². The van der Waals surface area contributed by atoms with Crippen molar-refractivity contribution in [2.24, 2.45) is 5.92 Å². The predicted octanol–water partition coefficient (Wildman–Crippen LogP) is 1.09. The van der Waals surface area contributed by atoms with Crippen LogP contribution in [-0.4, -0.2) is 31.2 Å². The molecule has 1 heterocycles. The Labute approximate surface area is 61.0 Å². The summed E-state index contributed by atoms with van der Waals surface area (Å²) in [5, 5.41) is 0. The molecule has 0 aromatic carbocycles. The third kappa shape index (κ3) is 1.40. The van der Waals surface area contributed by atoms with Gasteiger partial charge in [-0.3, -0.25) is 0 Å². The van der Waals surface area contributed by atoms with E-state index in [9.17, 15) is 4.79 Å². The Hall–Kier alpha value is -0.730. The summed E-state index contributed by atoms with van der Waals surface area (Å²) in [6.45, 7) is 3.55. The summed E-state index contributed by atoms with van der Waals surface area (Å²) in [4.78, 5) is 12.4. The van der Waals surface area contributed by atoms with Crippen molar-refractivity contribution >= 4 is 6.09 Å². The van der Waals surface area contributed by atoms with Gasteiger partial charge in [-0.25, -0.2) is 4.79 Å². The fourth-order valence-electron chi connectivity index (χ4n) is 1.06. The molecular weight excluding hydrogens is 130 g/mol. The van der Waals surface area contributed by atoms with Gasteiger partial charge in [0.25, 0.3) is 0 Å². The fraction of sp³-hybridized carbons (Fsp3) is 0.857. The van der Waals surface area contributed by atoms with Gasteiger partial charge in [0.15, 0.2) is 0 Å². The highest BCUT2D eigenvalue weighted by molar-refractivity contribution is 5.67. The summed E-state index contributed by atoms with van der Waals surface area (Å²) >= 11 is 0. The molecule has 3 nitrogen and oxygen atoms in total. The maximum absolute atomic E-state index is 10.8. The van der Waals surface area contributed by atoms with E-state index in [0.717, 1.165) is 13.0 Å². The van der Waals surface area contributed by atoms with Crippen LogP contribution in [0, 0.1) is 5.92 Å². The minimum absolute atomic E-state index is 0.190.